The first-order valence-corrected chi connectivity index (χ1v) is 10.5. The maximum atomic E-state index is 6.24. The van der Waals surface area contributed by atoms with Crippen LogP contribution in [0.15, 0.2) is 48.5 Å². The number of aryl methyl sites for hydroxylation is 2. The van der Waals surface area contributed by atoms with Crippen LogP contribution in [0.2, 0.25) is 0 Å². The van der Waals surface area contributed by atoms with Gasteiger partial charge in [-0.05, 0) is 76.7 Å². The van der Waals surface area contributed by atoms with Crippen molar-refractivity contribution in [3.63, 3.8) is 0 Å². The van der Waals surface area contributed by atoms with Crippen LogP contribution in [-0.2, 0) is 9.31 Å². The van der Waals surface area contributed by atoms with Crippen molar-refractivity contribution in [1.29, 1.82) is 0 Å². The van der Waals surface area contributed by atoms with E-state index in [-0.39, 0.29) is 18.3 Å². The van der Waals surface area contributed by atoms with Gasteiger partial charge >= 0.3 is 7.12 Å². The molecule has 0 N–H and O–H groups in total. The Balaban J connectivity index is 1.70. The number of rotatable bonds is 3. The Morgan fingerprint density at radius 2 is 1.30 bits per heavy atom. The third kappa shape index (κ3) is 3.68. The molecular weight excluding hydrogens is 371 g/mol. The van der Waals surface area contributed by atoms with Gasteiger partial charge in [0.1, 0.15) is 5.82 Å². The molecule has 154 valence electrons. The van der Waals surface area contributed by atoms with E-state index in [1.807, 2.05) is 13.8 Å². The highest BCUT2D eigenvalue weighted by Crippen LogP contribution is 2.37. The van der Waals surface area contributed by atoms with Crippen LogP contribution in [0.5, 0.6) is 0 Å². The molecule has 1 fully saturated rings. The second kappa shape index (κ2) is 7.33. The lowest BCUT2D eigenvalue weighted by Gasteiger charge is -2.32. The molecule has 0 amide bonds. The van der Waals surface area contributed by atoms with Gasteiger partial charge in [-0.15, -0.1) is 0 Å². The summed E-state index contributed by atoms with van der Waals surface area (Å²) < 4.78 is 12.5. The lowest BCUT2D eigenvalue weighted by Crippen LogP contribution is -2.41. The van der Waals surface area contributed by atoms with Crippen molar-refractivity contribution < 1.29 is 9.31 Å². The Labute approximate surface area is 179 Å². The predicted octanol–water partition coefficient (Wildman–Crippen LogP) is 5.04. The summed E-state index contributed by atoms with van der Waals surface area (Å²) in [7, 11) is -0.368. The van der Waals surface area contributed by atoms with E-state index in [1.165, 1.54) is 0 Å². The van der Waals surface area contributed by atoms with Crippen molar-refractivity contribution >= 4 is 12.6 Å². The number of hydrogen-bond acceptors (Lipinski definition) is 4. The van der Waals surface area contributed by atoms with Crippen LogP contribution in [-0.4, -0.2) is 28.3 Å². The Bertz CT molecular complexity index is 1090. The highest BCUT2D eigenvalue weighted by atomic mass is 16.7. The first-order valence-electron chi connectivity index (χ1n) is 10.5. The molecule has 0 unspecified atom stereocenters. The summed E-state index contributed by atoms with van der Waals surface area (Å²) in [5.74, 6) is 0.793. The van der Waals surface area contributed by atoms with E-state index in [0.717, 1.165) is 44.9 Å². The molecular formula is C25H29BN2O2. The molecule has 1 saturated heterocycles. The first-order chi connectivity index (χ1) is 14.1. The molecule has 0 saturated carbocycles. The second-order valence-electron chi connectivity index (χ2n) is 9.12. The average Bonchev–Trinajstić information content (AvgIpc) is 2.92. The molecule has 0 spiro atoms. The third-order valence-electron chi connectivity index (χ3n) is 6.38. The Morgan fingerprint density at radius 1 is 0.733 bits per heavy atom. The molecule has 0 aliphatic carbocycles. The number of nitrogens with zero attached hydrogens (tertiary/aromatic N) is 2. The van der Waals surface area contributed by atoms with E-state index in [2.05, 4.69) is 88.1 Å². The second-order valence-corrected chi connectivity index (χ2v) is 9.12. The molecule has 1 aliphatic heterocycles. The first kappa shape index (κ1) is 20.8. The molecule has 3 aromatic rings. The van der Waals surface area contributed by atoms with E-state index in [4.69, 9.17) is 14.3 Å². The highest BCUT2D eigenvalue weighted by molar-refractivity contribution is 6.62. The van der Waals surface area contributed by atoms with Crippen molar-refractivity contribution in [3.05, 3.63) is 65.6 Å². The number of benzene rings is 2. The van der Waals surface area contributed by atoms with E-state index in [9.17, 15) is 0 Å². The van der Waals surface area contributed by atoms with E-state index in [1.54, 1.807) is 0 Å². The molecule has 0 radical (unpaired) electrons. The summed E-state index contributed by atoms with van der Waals surface area (Å²) in [5, 5.41) is 0. The van der Waals surface area contributed by atoms with Crippen LogP contribution in [0.3, 0.4) is 0 Å². The van der Waals surface area contributed by atoms with Crippen molar-refractivity contribution in [3.8, 4) is 22.4 Å². The van der Waals surface area contributed by atoms with Gasteiger partial charge in [0.05, 0.1) is 16.9 Å². The fourth-order valence-corrected chi connectivity index (χ4v) is 3.74. The van der Waals surface area contributed by atoms with Gasteiger partial charge in [0.2, 0.25) is 0 Å². The topological polar surface area (TPSA) is 44.2 Å². The fourth-order valence-electron chi connectivity index (χ4n) is 3.74. The molecule has 4 nitrogen and oxygen atoms in total. The Kier molecular flexibility index (Phi) is 5.07. The molecule has 30 heavy (non-hydrogen) atoms. The van der Waals surface area contributed by atoms with Crippen LogP contribution in [0.4, 0.5) is 0 Å². The quantitative estimate of drug-likeness (QED) is 0.578. The fraction of sp³-hybridized carbons (Fsp3) is 0.360. The van der Waals surface area contributed by atoms with Gasteiger partial charge in [-0.1, -0.05) is 42.5 Å². The summed E-state index contributed by atoms with van der Waals surface area (Å²) in [6.45, 7) is 14.4. The number of hydrogen-bond donors (Lipinski definition) is 0. The maximum absolute atomic E-state index is 6.24. The summed E-state index contributed by atoms with van der Waals surface area (Å²) in [6, 6.07) is 16.9. The minimum Gasteiger partial charge on any atom is -0.399 e. The average molecular weight is 400 g/mol. The van der Waals surface area contributed by atoms with Gasteiger partial charge in [0.25, 0.3) is 0 Å². The molecule has 2 heterocycles. The monoisotopic (exact) mass is 400 g/mol. The van der Waals surface area contributed by atoms with E-state index < -0.39 is 0 Å². The van der Waals surface area contributed by atoms with Gasteiger partial charge in [0.15, 0.2) is 0 Å². The van der Waals surface area contributed by atoms with Crippen LogP contribution in [0, 0.1) is 20.8 Å². The SMILES string of the molecule is Cc1nc(C)c(C)c(-c2cccc(-c3cccc(B4OC(C)(C)C(C)(C)O4)c3)c2)n1. The normalized spacial score (nSPS) is 17.4. The molecule has 2 aromatic carbocycles. The van der Waals surface area contributed by atoms with Gasteiger partial charge in [0, 0.05) is 11.3 Å². The Morgan fingerprint density at radius 3 is 1.97 bits per heavy atom. The molecule has 1 aromatic heterocycles. The minimum absolute atomic E-state index is 0.353. The lowest BCUT2D eigenvalue weighted by atomic mass is 9.78. The van der Waals surface area contributed by atoms with Gasteiger partial charge in [-0.25, -0.2) is 9.97 Å². The number of aromatic nitrogens is 2. The van der Waals surface area contributed by atoms with Crippen molar-refractivity contribution in [1.82, 2.24) is 9.97 Å². The summed E-state index contributed by atoms with van der Waals surface area (Å²) >= 11 is 0. The van der Waals surface area contributed by atoms with Crippen LogP contribution >= 0.6 is 0 Å². The van der Waals surface area contributed by atoms with Crippen molar-refractivity contribution in [2.75, 3.05) is 0 Å². The summed E-state index contributed by atoms with van der Waals surface area (Å²) in [6.07, 6.45) is 0. The standard InChI is InChI=1S/C25H29BN2O2/c1-16-17(2)27-18(3)28-23(16)21-12-8-10-19(14-21)20-11-9-13-22(15-20)26-29-24(4,5)25(6,7)30-26/h8-15H,1-7H3. The van der Waals surface area contributed by atoms with E-state index in [0.29, 0.717) is 0 Å². The smallest absolute Gasteiger partial charge is 0.399 e. The van der Waals surface area contributed by atoms with Crippen molar-refractivity contribution in [2.45, 2.75) is 59.7 Å². The van der Waals surface area contributed by atoms with Gasteiger partial charge in [-0.3, -0.25) is 0 Å². The van der Waals surface area contributed by atoms with Crippen LogP contribution < -0.4 is 5.46 Å². The Hall–Kier alpha value is -2.50. The maximum Gasteiger partial charge on any atom is 0.494 e. The largest absolute Gasteiger partial charge is 0.494 e. The minimum atomic E-state index is -0.368. The zero-order valence-electron chi connectivity index (χ0n) is 18.9. The molecule has 0 atom stereocenters. The highest BCUT2D eigenvalue weighted by Gasteiger charge is 2.51. The molecule has 4 rings (SSSR count). The molecule has 5 heteroatoms. The molecule has 1 aliphatic rings. The molecule has 0 bridgehead atoms. The summed E-state index contributed by atoms with van der Waals surface area (Å²) in [4.78, 5) is 9.18. The van der Waals surface area contributed by atoms with Gasteiger partial charge in [-0.2, -0.15) is 0 Å². The van der Waals surface area contributed by atoms with Crippen LogP contribution in [0.25, 0.3) is 22.4 Å². The van der Waals surface area contributed by atoms with Gasteiger partial charge < -0.3 is 9.31 Å². The van der Waals surface area contributed by atoms with Crippen molar-refractivity contribution in [2.24, 2.45) is 0 Å². The lowest BCUT2D eigenvalue weighted by molar-refractivity contribution is 0.00578. The zero-order valence-corrected chi connectivity index (χ0v) is 18.9. The van der Waals surface area contributed by atoms with Crippen LogP contribution in [0.1, 0.15) is 44.8 Å². The summed E-state index contributed by atoms with van der Waals surface area (Å²) in [5.41, 5.74) is 6.81. The predicted molar refractivity (Wildman–Crippen MR) is 123 cm³/mol. The third-order valence-corrected chi connectivity index (χ3v) is 6.38. The zero-order chi connectivity index (χ0) is 21.7. The van der Waals surface area contributed by atoms with E-state index >= 15 is 0 Å².